The molecule has 26 heavy (non-hydrogen) atoms. The number of nitrogens with one attached hydrogen (secondary N) is 3. The molecule has 1 atom stereocenters. The van der Waals surface area contributed by atoms with Crippen LogP contribution in [0.5, 0.6) is 0 Å². The van der Waals surface area contributed by atoms with Crippen molar-refractivity contribution in [1.29, 1.82) is 0 Å². The van der Waals surface area contributed by atoms with Crippen LogP contribution in [-0.2, 0) is 11.4 Å². The summed E-state index contributed by atoms with van der Waals surface area (Å²) in [5.41, 5.74) is 1.00. The van der Waals surface area contributed by atoms with Gasteiger partial charge < -0.3 is 14.9 Å². The van der Waals surface area contributed by atoms with Crippen molar-refractivity contribution in [2.45, 2.75) is 13.3 Å². The van der Waals surface area contributed by atoms with E-state index < -0.39 is 23.0 Å². The Balaban J connectivity index is 1.76. The van der Waals surface area contributed by atoms with Crippen LogP contribution >= 0.6 is 0 Å². The summed E-state index contributed by atoms with van der Waals surface area (Å²) in [5, 5.41) is 3.33. The molecule has 3 heterocycles. The lowest BCUT2D eigenvalue weighted by Gasteiger charge is -2.12. The Hall–Kier alpha value is -2.30. The second-order valence-electron chi connectivity index (χ2n) is 5.51. The summed E-state index contributed by atoms with van der Waals surface area (Å²) >= 11 is -1.19. The number of fused-ring (bicyclic) bond motifs is 1. The van der Waals surface area contributed by atoms with E-state index in [1.165, 1.54) is 6.07 Å². The normalized spacial score (nSPS) is 12.5. The molecule has 3 N–H and O–H groups in total. The van der Waals surface area contributed by atoms with Crippen LogP contribution < -0.4 is 10.0 Å². The van der Waals surface area contributed by atoms with E-state index in [9.17, 15) is 13.3 Å². The van der Waals surface area contributed by atoms with Crippen LogP contribution in [0.25, 0.3) is 22.4 Å². The van der Waals surface area contributed by atoms with Crippen molar-refractivity contribution in [3.05, 3.63) is 36.3 Å². The van der Waals surface area contributed by atoms with E-state index in [2.05, 4.69) is 30.0 Å². The molecular formula is C16H18F2N6OS. The van der Waals surface area contributed by atoms with Crippen LogP contribution in [0.15, 0.2) is 24.7 Å². The maximum atomic E-state index is 14.0. The second-order valence-corrected chi connectivity index (χ2v) is 6.90. The third-order valence-corrected chi connectivity index (χ3v) is 4.68. The summed E-state index contributed by atoms with van der Waals surface area (Å²) in [4.78, 5) is 15.0. The van der Waals surface area contributed by atoms with Crippen molar-refractivity contribution in [3.8, 4) is 11.4 Å². The number of H-pyrrole nitrogens is 1. The first-order chi connectivity index (χ1) is 12.6. The van der Waals surface area contributed by atoms with E-state index >= 15 is 0 Å². The van der Waals surface area contributed by atoms with Crippen molar-refractivity contribution in [1.82, 2.24) is 24.7 Å². The first kappa shape index (κ1) is 18.5. The fourth-order valence-electron chi connectivity index (χ4n) is 2.33. The van der Waals surface area contributed by atoms with Gasteiger partial charge in [-0.3, -0.25) is 0 Å². The number of aromatic nitrogens is 4. The van der Waals surface area contributed by atoms with Gasteiger partial charge >= 0.3 is 0 Å². The molecule has 3 aromatic heterocycles. The molecule has 0 bridgehead atoms. The fourth-order valence-corrected chi connectivity index (χ4v) is 3.20. The van der Waals surface area contributed by atoms with Gasteiger partial charge in [-0.25, -0.2) is 23.7 Å². The molecule has 3 rings (SSSR count). The zero-order valence-electron chi connectivity index (χ0n) is 14.1. The molecule has 10 heteroatoms. The average molecular weight is 380 g/mol. The Morgan fingerprint density at radius 2 is 2.08 bits per heavy atom. The highest BCUT2D eigenvalue weighted by atomic mass is 32.2. The molecule has 0 radical (unpaired) electrons. The smallest absolute Gasteiger partial charge is 0.183 e. The summed E-state index contributed by atoms with van der Waals surface area (Å²) < 4.78 is 42.0. The zero-order chi connectivity index (χ0) is 18.5. The van der Waals surface area contributed by atoms with Crippen molar-refractivity contribution < 1.29 is 13.3 Å². The lowest BCUT2D eigenvalue weighted by Crippen LogP contribution is -2.30. The van der Waals surface area contributed by atoms with E-state index in [-0.39, 0.29) is 18.2 Å². The molecule has 138 valence electrons. The summed E-state index contributed by atoms with van der Waals surface area (Å²) in [6.07, 6.45) is 4.62. The van der Waals surface area contributed by atoms with E-state index in [1.54, 1.807) is 6.20 Å². The fraction of sp³-hybridized carbons (Fsp3) is 0.312. The highest BCUT2D eigenvalue weighted by Crippen LogP contribution is 2.26. The van der Waals surface area contributed by atoms with Gasteiger partial charge in [0.1, 0.15) is 17.2 Å². The Labute approximate surface area is 152 Å². The highest BCUT2D eigenvalue weighted by Gasteiger charge is 2.14. The SMILES string of the molecule is CCCN[S+]([O-])CCNc1nc(-c2c[nH]c3ncc(F)cc23)ncc1F. The van der Waals surface area contributed by atoms with Crippen molar-refractivity contribution in [2.75, 3.05) is 24.2 Å². The molecule has 1 unspecified atom stereocenters. The minimum Gasteiger partial charge on any atom is -0.598 e. The van der Waals surface area contributed by atoms with E-state index in [4.69, 9.17) is 0 Å². The summed E-state index contributed by atoms with van der Waals surface area (Å²) in [6, 6.07) is 1.32. The third-order valence-electron chi connectivity index (χ3n) is 3.58. The number of pyridine rings is 1. The molecule has 0 saturated carbocycles. The molecular weight excluding hydrogens is 362 g/mol. The lowest BCUT2D eigenvalue weighted by molar-refractivity contribution is 0.579. The van der Waals surface area contributed by atoms with Gasteiger partial charge in [0.2, 0.25) is 0 Å². The number of halogens is 2. The Morgan fingerprint density at radius 3 is 2.88 bits per heavy atom. The highest BCUT2D eigenvalue weighted by molar-refractivity contribution is 7.89. The predicted octanol–water partition coefficient (Wildman–Crippen LogP) is 2.37. The van der Waals surface area contributed by atoms with E-state index in [1.807, 2.05) is 6.92 Å². The average Bonchev–Trinajstić information content (AvgIpc) is 3.04. The molecule has 3 aromatic rings. The molecule has 0 aliphatic rings. The number of nitrogens with zero attached hydrogens (tertiary/aromatic N) is 3. The number of anilines is 1. The minimum absolute atomic E-state index is 0.00111. The molecule has 7 nitrogen and oxygen atoms in total. The minimum atomic E-state index is -1.19. The summed E-state index contributed by atoms with van der Waals surface area (Å²) in [6.45, 7) is 2.91. The van der Waals surface area contributed by atoms with Crippen molar-refractivity contribution in [2.24, 2.45) is 0 Å². The number of aromatic amines is 1. The van der Waals surface area contributed by atoms with Gasteiger partial charge in [-0.1, -0.05) is 6.92 Å². The third kappa shape index (κ3) is 4.26. The Kier molecular flexibility index (Phi) is 5.96. The second kappa shape index (κ2) is 8.39. The van der Waals surface area contributed by atoms with Gasteiger partial charge in [0.15, 0.2) is 17.5 Å². The molecule has 0 aliphatic heterocycles. The Morgan fingerprint density at radius 1 is 1.23 bits per heavy atom. The maximum Gasteiger partial charge on any atom is 0.183 e. The largest absolute Gasteiger partial charge is 0.598 e. The first-order valence-electron chi connectivity index (χ1n) is 8.09. The number of hydrogen-bond donors (Lipinski definition) is 3. The van der Waals surface area contributed by atoms with Crippen molar-refractivity contribution in [3.63, 3.8) is 0 Å². The van der Waals surface area contributed by atoms with Crippen LogP contribution in [0.1, 0.15) is 13.3 Å². The molecule has 0 saturated heterocycles. The van der Waals surface area contributed by atoms with Crippen LogP contribution in [0.4, 0.5) is 14.6 Å². The summed E-state index contributed by atoms with van der Waals surface area (Å²) in [7, 11) is 0. The zero-order valence-corrected chi connectivity index (χ0v) is 14.9. The van der Waals surface area contributed by atoms with Crippen LogP contribution in [-0.4, -0.2) is 43.3 Å². The monoisotopic (exact) mass is 380 g/mol. The standard InChI is InChI=1S/C16H18F2N6OS/c1-2-3-23-26(25)5-4-19-16-13(18)9-22-15(24-16)12-8-21-14-11(12)6-10(17)7-20-14/h6-9,23H,2-5H2,1H3,(H,20,21)(H,19,22,24). The lowest BCUT2D eigenvalue weighted by atomic mass is 10.2. The Bertz CT molecular complexity index is 890. The van der Waals surface area contributed by atoms with Gasteiger partial charge in [-0.05, 0) is 12.5 Å². The number of hydrogen-bond acceptors (Lipinski definition) is 6. The van der Waals surface area contributed by atoms with Crippen LogP contribution in [0.3, 0.4) is 0 Å². The molecule has 0 amide bonds. The van der Waals surface area contributed by atoms with Gasteiger partial charge in [0, 0.05) is 35.1 Å². The van der Waals surface area contributed by atoms with Crippen molar-refractivity contribution >= 4 is 28.2 Å². The molecule has 0 aromatic carbocycles. The summed E-state index contributed by atoms with van der Waals surface area (Å²) in [5.74, 6) is -0.564. The van der Waals surface area contributed by atoms with Gasteiger partial charge in [0.25, 0.3) is 0 Å². The van der Waals surface area contributed by atoms with Gasteiger partial charge in [-0.2, -0.15) is 0 Å². The van der Waals surface area contributed by atoms with Crippen LogP contribution in [0, 0.1) is 11.6 Å². The topological polar surface area (TPSA) is 102 Å². The van der Waals surface area contributed by atoms with Crippen LogP contribution in [0.2, 0.25) is 0 Å². The quantitative estimate of drug-likeness (QED) is 0.519. The van der Waals surface area contributed by atoms with Gasteiger partial charge in [0.05, 0.1) is 18.9 Å². The maximum absolute atomic E-state index is 14.0. The van der Waals surface area contributed by atoms with E-state index in [0.717, 1.165) is 18.8 Å². The first-order valence-corrected chi connectivity index (χ1v) is 9.41. The number of rotatable bonds is 8. The molecule has 0 fully saturated rings. The van der Waals surface area contributed by atoms with E-state index in [0.29, 0.717) is 28.9 Å². The molecule has 0 spiro atoms. The molecule has 0 aliphatic carbocycles. The van der Waals surface area contributed by atoms with Gasteiger partial charge in [-0.15, -0.1) is 4.72 Å². The predicted molar refractivity (Wildman–Crippen MR) is 96.8 cm³/mol.